The lowest BCUT2D eigenvalue weighted by Crippen LogP contribution is -2.26. The van der Waals surface area contributed by atoms with Crippen LogP contribution in [-0.2, 0) is 11.3 Å². The Hall–Kier alpha value is -1.65. The maximum Gasteiger partial charge on any atom is 0.305 e. The van der Waals surface area contributed by atoms with Gasteiger partial charge in [-0.2, -0.15) is 0 Å². The highest BCUT2D eigenvalue weighted by atomic mass is 79.9. The van der Waals surface area contributed by atoms with Crippen molar-refractivity contribution in [1.29, 1.82) is 0 Å². The third-order valence-electron chi connectivity index (χ3n) is 3.43. The maximum atomic E-state index is 11.2. The van der Waals surface area contributed by atoms with Crippen LogP contribution in [0.4, 0.5) is 0 Å². The van der Waals surface area contributed by atoms with E-state index in [1.54, 1.807) is 0 Å². The number of hydrogen-bond acceptors (Lipinski definition) is 2. The van der Waals surface area contributed by atoms with Gasteiger partial charge in [-0.25, -0.2) is 0 Å². The van der Waals surface area contributed by atoms with Crippen molar-refractivity contribution in [2.45, 2.75) is 19.0 Å². The summed E-state index contributed by atoms with van der Waals surface area (Å²) in [6.07, 6.45) is 0.0943. The third kappa shape index (κ3) is 4.69. The first-order chi connectivity index (χ1) is 10.1. The zero-order chi connectivity index (χ0) is 15.2. The van der Waals surface area contributed by atoms with Gasteiger partial charge in [0.25, 0.3) is 0 Å². The minimum absolute atomic E-state index is 0.0943. The standard InChI is InChI=1S/C17H18BrNO2/c1-19(12-13-7-9-15(18)10-8-13)16(11-17(20)21)14-5-3-2-4-6-14/h2-10,16H,11-12H2,1H3,(H,20,21). The molecule has 0 amide bonds. The number of carboxylic acids is 1. The van der Waals surface area contributed by atoms with E-state index in [0.29, 0.717) is 6.54 Å². The van der Waals surface area contributed by atoms with Crippen molar-refractivity contribution in [3.05, 3.63) is 70.2 Å². The zero-order valence-electron chi connectivity index (χ0n) is 11.9. The Balaban J connectivity index is 2.16. The molecule has 0 radical (unpaired) electrons. The first-order valence-corrected chi connectivity index (χ1v) is 7.57. The Morgan fingerprint density at radius 3 is 2.33 bits per heavy atom. The van der Waals surface area contributed by atoms with Gasteiger partial charge in [0.1, 0.15) is 0 Å². The van der Waals surface area contributed by atoms with E-state index in [1.807, 2.05) is 61.6 Å². The van der Waals surface area contributed by atoms with E-state index in [9.17, 15) is 4.79 Å². The van der Waals surface area contributed by atoms with Crippen LogP contribution in [0.25, 0.3) is 0 Å². The smallest absolute Gasteiger partial charge is 0.305 e. The minimum atomic E-state index is -0.786. The van der Waals surface area contributed by atoms with Crippen molar-refractivity contribution in [3.8, 4) is 0 Å². The van der Waals surface area contributed by atoms with Crippen LogP contribution in [0.3, 0.4) is 0 Å². The fourth-order valence-electron chi connectivity index (χ4n) is 2.36. The summed E-state index contributed by atoms with van der Waals surface area (Å²) in [6.45, 7) is 0.708. The Kier molecular flexibility index (Phi) is 5.53. The van der Waals surface area contributed by atoms with Crippen LogP contribution in [0.5, 0.6) is 0 Å². The summed E-state index contributed by atoms with van der Waals surface area (Å²) in [5, 5.41) is 9.16. The number of carboxylic acid groups (broad SMARTS) is 1. The average molecular weight is 348 g/mol. The van der Waals surface area contributed by atoms with Crippen molar-refractivity contribution in [3.63, 3.8) is 0 Å². The monoisotopic (exact) mass is 347 g/mol. The highest BCUT2D eigenvalue weighted by Gasteiger charge is 2.20. The van der Waals surface area contributed by atoms with Gasteiger partial charge in [-0.15, -0.1) is 0 Å². The van der Waals surface area contributed by atoms with Crippen LogP contribution in [0, 0.1) is 0 Å². The molecule has 2 rings (SSSR count). The molecular weight excluding hydrogens is 330 g/mol. The molecule has 1 N–H and O–H groups in total. The molecule has 110 valence electrons. The van der Waals surface area contributed by atoms with Crippen molar-refractivity contribution in [1.82, 2.24) is 4.90 Å². The fraction of sp³-hybridized carbons (Fsp3) is 0.235. The van der Waals surface area contributed by atoms with Gasteiger partial charge in [-0.1, -0.05) is 58.4 Å². The van der Waals surface area contributed by atoms with Crippen LogP contribution in [0.2, 0.25) is 0 Å². The second kappa shape index (κ2) is 7.38. The zero-order valence-corrected chi connectivity index (χ0v) is 13.5. The number of carbonyl (C=O) groups is 1. The largest absolute Gasteiger partial charge is 0.481 e. The van der Waals surface area contributed by atoms with E-state index >= 15 is 0 Å². The molecule has 0 aliphatic heterocycles. The molecule has 0 heterocycles. The molecule has 0 aliphatic carbocycles. The lowest BCUT2D eigenvalue weighted by atomic mass is 10.0. The van der Waals surface area contributed by atoms with Gasteiger partial charge in [0.15, 0.2) is 0 Å². The van der Waals surface area contributed by atoms with Crippen molar-refractivity contribution in [2.75, 3.05) is 7.05 Å². The highest BCUT2D eigenvalue weighted by Crippen LogP contribution is 2.25. The number of benzene rings is 2. The summed E-state index contributed by atoms with van der Waals surface area (Å²) >= 11 is 3.42. The van der Waals surface area contributed by atoms with Crippen molar-refractivity contribution >= 4 is 21.9 Å². The summed E-state index contributed by atoms with van der Waals surface area (Å²) in [5.74, 6) is -0.786. The molecule has 0 aromatic heterocycles. The van der Waals surface area contributed by atoms with Crippen molar-refractivity contribution in [2.24, 2.45) is 0 Å². The van der Waals surface area contributed by atoms with Gasteiger partial charge in [-0.05, 0) is 30.3 Å². The Labute approximate surface area is 133 Å². The molecule has 0 saturated carbocycles. The Morgan fingerprint density at radius 1 is 1.14 bits per heavy atom. The van der Waals surface area contributed by atoms with Gasteiger partial charge < -0.3 is 5.11 Å². The van der Waals surface area contributed by atoms with Gasteiger partial charge >= 0.3 is 5.97 Å². The third-order valence-corrected chi connectivity index (χ3v) is 3.96. The Bertz CT molecular complexity index is 583. The summed E-state index contributed by atoms with van der Waals surface area (Å²) < 4.78 is 1.04. The van der Waals surface area contributed by atoms with Crippen LogP contribution in [0.1, 0.15) is 23.6 Å². The Morgan fingerprint density at radius 2 is 1.76 bits per heavy atom. The van der Waals surface area contributed by atoms with Gasteiger partial charge in [0.2, 0.25) is 0 Å². The molecule has 0 fully saturated rings. The van der Waals surface area contributed by atoms with E-state index in [2.05, 4.69) is 20.8 Å². The van der Waals surface area contributed by atoms with E-state index in [1.165, 1.54) is 0 Å². The van der Waals surface area contributed by atoms with Crippen LogP contribution < -0.4 is 0 Å². The summed E-state index contributed by atoms with van der Waals surface area (Å²) in [5.41, 5.74) is 2.19. The molecule has 0 saturated heterocycles. The molecule has 4 heteroatoms. The first-order valence-electron chi connectivity index (χ1n) is 6.77. The highest BCUT2D eigenvalue weighted by molar-refractivity contribution is 9.10. The lowest BCUT2D eigenvalue weighted by molar-refractivity contribution is -0.138. The predicted molar refractivity (Wildman–Crippen MR) is 87.0 cm³/mol. The molecule has 1 atom stereocenters. The van der Waals surface area contributed by atoms with Gasteiger partial charge in [-0.3, -0.25) is 9.69 Å². The quantitative estimate of drug-likeness (QED) is 0.855. The maximum absolute atomic E-state index is 11.2. The molecule has 2 aromatic carbocycles. The SMILES string of the molecule is CN(Cc1ccc(Br)cc1)C(CC(=O)O)c1ccccc1. The number of halogens is 1. The summed E-state index contributed by atoms with van der Waals surface area (Å²) in [4.78, 5) is 13.2. The van der Waals surface area contributed by atoms with Crippen LogP contribution in [-0.4, -0.2) is 23.0 Å². The first kappa shape index (κ1) is 15.7. The van der Waals surface area contributed by atoms with E-state index in [-0.39, 0.29) is 12.5 Å². The van der Waals surface area contributed by atoms with Crippen LogP contribution in [0.15, 0.2) is 59.1 Å². The normalized spacial score (nSPS) is 12.3. The molecule has 0 bridgehead atoms. The predicted octanol–water partition coefficient (Wildman–Crippen LogP) is 4.10. The molecular formula is C17H18BrNO2. The molecule has 0 aliphatic rings. The minimum Gasteiger partial charge on any atom is -0.481 e. The second-order valence-electron chi connectivity index (χ2n) is 5.07. The van der Waals surface area contributed by atoms with E-state index < -0.39 is 5.97 Å². The van der Waals surface area contributed by atoms with Gasteiger partial charge in [0, 0.05) is 17.1 Å². The number of rotatable bonds is 6. The molecule has 1 unspecified atom stereocenters. The lowest BCUT2D eigenvalue weighted by Gasteiger charge is -2.27. The average Bonchev–Trinajstić information content (AvgIpc) is 2.48. The summed E-state index contributed by atoms with van der Waals surface area (Å²) in [6, 6.07) is 17.7. The molecule has 21 heavy (non-hydrogen) atoms. The van der Waals surface area contributed by atoms with Crippen LogP contribution >= 0.6 is 15.9 Å². The number of aliphatic carboxylic acids is 1. The molecule has 0 spiro atoms. The number of hydrogen-bond donors (Lipinski definition) is 1. The second-order valence-corrected chi connectivity index (χ2v) is 5.98. The van der Waals surface area contributed by atoms with E-state index in [0.717, 1.165) is 15.6 Å². The topological polar surface area (TPSA) is 40.5 Å². The number of nitrogens with zero attached hydrogens (tertiary/aromatic N) is 1. The fourth-order valence-corrected chi connectivity index (χ4v) is 2.62. The summed E-state index contributed by atoms with van der Waals surface area (Å²) in [7, 11) is 1.96. The molecule has 2 aromatic rings. The van der Waals surface area contributed by atoms with Gasteiger partial charge in [0.05, 0.1) is 6.42 Å². The van der Waals surface area contributed by atoms with Crippen molar-refractivity contribution < 1.29 is 9.90 Å². The molecule has 3 nitrogen and oxygen atoms in total. The van der Waals surface area contributed by atoms with E-state index in [4.69, 9.17) is 5.11 Å².